The second-order valence-corrected chi connectivity index (χ2v) is 8.10. The van der Waals surface area contributed by atoms with Gasteiger partial charge in [0.25, 0.3) is 0 Å². The summed E-state index contributed by atoms with van der Waals surface area (Å²) in [5.74, 6) is 0.785. The topological polar surface area (TPSA) is 77.0 Å². The molecule has 0 fully saturated rings. The van der Waals surface area contributed by atoms with Gasteiger partial charge in [0.05, 0.1) is 25.0 Å². The van der Waals surface area contributed by atoms with Crippen LogP contribution in [0.25, 0.3) is 0 Å². The summed E-state index contributed by atoms with van der Waals surface area (Å²) in [5, 5.41) is 13.2. The minimum atomic E-state index is -1.00. The van der Waals surface area contributed by atoms with E-state index in [1.54, 1.807) is 12.1 Å². The fourth-order valence-corrected chi connectivity index (χ4v) is 3.59. The zero-order valence-electron chi connectivity index (χ0n) is 17.7. The molecular weight excluding hydrogens is 498 g/mol. The van der Waals surface area contributed by atoms with Crippen LogP contribution in [0.3, 0.4) is 0 Å². The van der Waals surface area contributed by atoms with E-state index in [0.717, 1.165) is 15.6 Å². The molecule has 0 spiro atoms. The molecule has 2 N–H and O–H groups in total. The first kappa shape index (κ1) is 23.8. The lowest BCUT2D eigenvalue weighted by atomic mass is 10.1. The van der Waals surface area contributed by atoms with Crippen molar-refractivity contribution in [2.45, 2.75) is 20.1 Å². The van der Waals surface area contributed by atoms with Gasteiger partial charge in [0.1, 0.15) is 12.4 Å². The van der Waals surface area contributed by atoms with Crippen molar-refractivity contribution in [3.8, 4) is 17.2 Å². The van der Waals surface area contributed by atoms with E-state index < -0.39 is 5.97 Å². The third-order valence-electron chi connectivity index (χ3n) is 4.64. The normalized spacial score (nSPS) is 10.5. The van der Waals surface area contributed by atoms with E-state index in [1.807, 2.05) is 43.3 Å². The summed E-state index contributed by atoms with van der Waals surface area (Å²) < 4.78 is 17.9. The monoisotopic (exact) mass is 519 g/mol. The summed E-state index contributed by atoms with van der Waals surface area (Å²) in [6, 6.07) is 15.9. The van der Waals surface area contributed by atoms with Crippen LogP contribution in [0.4, 0.5) is 5.69 Å². The Morgan fingerprint density at radius 2 is 1.75 bits per heavy atom. The van der Waals surface area contributed by atoms with Gasteiger partial charge in [-0.3, -0.25) is 0 Å². The van der Waals surface area contributed by atoms with Crippen molar-refractivity contribution in [2.24, 2.45) is 0 Å². The van der Waals surface area contributed by atoms with Gasteiger partial charge in [-0.05, 0) is 60.5 Å². The van der Waals surface area contributed by atoms with Gasteiger partial charge >= 0.3 is 5.97 Å². The minimum Gasteiger partial charge on any atom is -0.495 e. The lowest BCUT2D eigenvalue weighted by molar-refractivity contribution is 0.0697. The van der Waals surface area contributed by atoms with E-state index in [-0.39, 0.29) is 5.56 Å². The molecular formula is C24H23BrClNO5. The smallest absolute Gasteiger partial charge is 0.335 e. The average molecular weight is 521 g/mol. The Kier molecular flexibility index (Phi) is 8.25. The molecule has 0 unspecified atom stereocenters. The molecule has 0 bridgehead atoms. The number of hydrogen-bond donors (Lipinski definition) is 2. The van der Waals surface area contributed by atoms with E-state index in [1.165, 1.54) is 13.2 Å². The molecule has 6 nitrogen and oxygen atoms in total. The highest BCUT2D eigenvalue weighted by Crippen LogP contribution is 2.35. The van der Waals surface area contributed by atoms with Crippen molar-refractivity contribution in [3.05, 3.63) is 80.8 Å². The highest BCUT2D eigenvalue weighted by atomic mass is 79.9. The number of hydrogen-bond acceptors (Lipinski definition) is 5. The number of carbonyl (C=O) groups is 1. The second-order valence-electron chi connectivity index (χ2n) is 6.81. The predicted molar refractivity (Wildman–Crippen MR) is 128 cm³/mol. The van der Waals surface area contributed by atoms with Gasteiger partial charge in [0.2, 0.25) is 0 Å². The standard InChI is InChI=1S/C24H23BrClNO5/c1-3-31-22-11-17(13-27-20-10-16(24(28)29)6-9-21(20)30-2)19(25)12-23(22)32-14-15-4-7-18(26)8-5-15/h4-12,27H,3,13-14H2,1-2H3,(H,28,29). The van der Waals surface area contributed by atoms with Gasteiger partial charge in [-0.2, -0.15) is 0 Å². The maximum absolute atomic E-state index is 11.3. The van der Waals surface area contributed by atoms with Crippen molar-refractivity contribution in [3.63, 3.8) is 0 Å². The number of halogens is 2. The van der Waals surface area contributed by atoms with Crippen molar-refractivity contribution < 1.29 is 24.1 Å². The molecule has 8 heteroatoms. The fraction of sp³-hybridized carbons (Fsp3) is 0.208. The lowest BCUT2D eigenvalue weighted by Gasteiger charge is -2.17. The van der Waals surface area contributed by atoms with E-state index in [0.29, 0.717) is 47.7 Å². The van der Waals surface area contributed by atoms with Crippen LogP contribution < -0.4 is 19.5 Å². The Morgan fingerprint density at radius 3 is 2.41 bits per heavy atom. The Balaban J connectivity index is 1.79. The van der Waals surface area contributed by atoms with Crippen molar-refractivity contribution in [1.82, 2.24) is 0 Å². The number of ether oxygens (including phenoxy) is 3. The summed E-state index contributed by atoms with van der Waals surface area (Å²) >= 11 is 9.54. The van der Waals surface area contributed by atoms with Crippen LogP contribution in [0.2, 0.25) is 5.02 Å². The van der Waals surface area contributed by atoms with Crippen molar-refractivity contribution in [2.75, 3.05) is 19.0 Å². The second kappa shape index (κ2) is 11.1. The van der Waals surface area contributed by atoms with Gasteiger partial charge in [0, 0.05) is 16.0 Å². The summed E-state index contributed by atoms with van der Waals surface area (Å²) in [4.78, 5) is 11.3. The number of methoxy groups -OCH3 is 1. The molecule has 0 aliphatic carbocycles. The maximum atomic E-state index is 11.3. The Morgan fingerprint density at radius 1 is 1.03 bits per heavy atom. The molecule has 0 radical (unpaired) electrons. The SMILES string of the molecule is CCOc1cc(CNc2cc(C(=O)O)ccc2OC)c(Br)cc1OCc1ccc(Cl)cc1. The molecule has 3 rings (SSSR count). The molecule has 3 aromatic rings. The van der Waals surface area contributed by atoms with E-state index in [4.69, 9.17) is 25.8 Å². The summed E-state index contributed by atoms with van der Waals surface area (Å²) in [6.07, 6.45) is 0. The number of anilines is 1. The maximum Gasteiger partial charge on any atom is 0.335 e. The zero-order valence-corrected chi connectivity index (χ0v) is 20.0. The predicted octanol–water partition coefficient (Wildman–Crippen LogP) is 6.40. The molecule has 168 valence electrons. The molecule has 3 aromatic carbocycles. The Bertz CT molecular complexity index is 1090. The number of carboxylic acids is 1. The van der Waals surface area contributed by atoms with Crippen LogP contribution in [0.5, 0.6) is 17.2 Å². The summed E-state index contributed by atoms with van der Waals surface area (Å²) in [6.45, 7) is 3.18. The van der Waals surface area contributed by atoms with Crippen LogP contribution in [0, 0.1) is 0 Å². The molecule has 0 aliphatic rings. The number of benzene rings is 3. The van der Waals surface area contributed by atoms with E-state index in [2.05, 4.69) is 21.2 Å². The highest BCUT2D eigenvalue weighted by molar-refractivity contribution is 9.10. The number of rotatable bonds is 10. The number of carboxylic acid groups (broad SMARTS) is 1. The van der Waals surface area contributed by atoms with Crippen LogP contribution in [0.1, 0.15) is 28.4 Å². The summed E-state index contributed by atoms with van der Waals surface area (Å²) in [5.41, 5.74) is 2.66. The van der Waals surface area contributed by atoms with E-state index >= 15 is 0 Å². The minimum absolute atomic E-state index is 0.174. The zero-order chi connectivity index (χ0) is 23.1. The highest BCUT2D eigenvalue weighted by Gasteiger charge is 2.13. The fourth-order valence-electron chi connectivity index (χ4n) is 3.01. The van der Waals surface area contributed by atoms with Gasteiger partial charge in [-0.25, -0.2) is 4.79 Å². The molecule has 0 atom stereocenters. The van der Waals surface area contributed by atoms with Crippen molar-refractivity contribution in [1.29, 1.82) is 0 Å². The Labute approximate surface area is 200 Å². The third-order valence-corrected chi connectivity index (χ3v) is 5.63. The van der Waals surface area contributed by atoms with E-state index in [9.17, 15) is 9.90 Å². The van der Waals surface area contributed by atoms with Crippen LogP contribution in [-0.2, 0) is 13.2 Å². The largest absolute Gasteiger partial charge is 0.495 e. The Hall–Kier alpha value is -2.90. The van der Waals surface area contributed by atoms with Gasteiger partial charge in [-0.1, -0.05) is 39.7 Å². The molecule has 0 aliphatic heterocycles. The quantitative estimate of drug-likeness (QED) is 0.322. The van der Waals surface area contributed by atoms with Crippen molar-refractivity contribution >= 4 is 39.2 Å². The number of aromatic carboxylic acids is 1. The van der Waals surface area contributed by atoms with Gasteiger partial charge < -0.3 is 24.6 Å². The lowest BCUT2D eigenvalue weighted by Crippen LogP contribution is -2.06. The molecule has 0 saturated carbocycles. The summed E-state index contributed by atoms with van der Waals surface area (Å²) in [7, 11) is 1.54. The van der Waals surface area contributed by atoms with Crippen LogP contribution >= 0.6 is 27.5 Å². The average Bonchev–Trinajstić information content (AvgIpc) is 2.79. The third kappa shape index (κ3) is 6.08. The molecule has 0 amide bonds. The molecule has 0 heterocycles. The van der Waals surface area contributed by atoms with Gasteiger partial charge in [0.15, 0.2) is 11.5 Å². The first-order valence-electron chi connectivity index (χ1n) is 9.89. The van der Waals surface area contributed by atoms with Crippen LogP contribution in [-0.4, -0.2) is 24.8 Å². The molecule has 0 aromatic heterocycles. The first-order chi connectivity index (χ1) is 15.4. The van der Waals surface area contributed by atoms with Crippen LogP contribution in [0.15, 0.2) is 59.1 Å². The van der Waals surface area contributed by atoms with Gasteiger partial charge in [-0.15, -0.1) is 0 Å². The molecule has 0 saturated heterocycles. The molecule has 32 heavy (non-hydrogen) atoms. The first-order valence-corrected chi connectivity index (χ1v) is 11.1. The number of nitrogens with one attached hydrogen (secondary N) is 1.